The summed E-state index contributed by atoms with van der Waals surface area (Å²) >= 11 is 1.76. The minimum Gasteiger partial charge on any atom is -0.364 e. The molecule has 5 nitrogen and oxygen atoms in total. The number of fused-ring (bicyclic) bond motifs is 2. The van der Waals surface area contributed by atoms with Crippen molar-refractivity contribution in [2.24, 2.45) is 0 Å². The molecule has 2 aliphatic heterocycles. The topological polar surface area (TPSA) is 44.3 Å². The molecule has 3 atom stereocenters. The molecular weight excluding hydrogens is 390 g/mol. The summed E-state index contributed by atoms with van der Waals surface area (Å²) in [6, 6.07) is 16.7. The molecule has 2 fully saturated rings. The maximum Gasteiger partial charge on any atom is 0.186 e. The van der Waals surface area contributed by atoms with Gasteiger partial charge in [0.15, 0.2) is 5.13 Å². The van der Waals surface area contributed by atoms with Gasteiger partial charge in [0.2, 0.25) is 0 Å². The van der Waals surface area contributed by atoms with Crippen LogP contribution in [0.1, 0.15) is 38.8 Å². The van der Waals surface area contributed by atoms with E-state index in [0.717, 1.165) is 35.3 Å². The Morgan fingerprint density at radius 3 is 2.63 bits per heavy atom. The van der Waals surface area contributed by atoms with E-state index < -0.39 is 0 Å². The fraction of sp³-hybridized carbons (Fsp3) is 0.417. The van der Waals surface area contributed by atoms with Crippen molar-refractivity contribution in [2.45, 2.75) is 51.4 Å². The molecule has 3 aromatic rings. The smallest absolute Gasteiger partial charge is 0.186 e. The van der Waals surface area contributed by atoms with E-state index in [9.17, 15) is 0 Å². The highest BCUT2D eigenvalue weighted by atomic mass is 32.1. The predicted octanol–water partition coefficient (Wildman–Crippen LogP) is 5.05. The van der Waals surface area contributed by atoms with Gasteiger partial charge in [-0.15, -0.1) is 11.3 Å². The Morgan fingerprint density at radius 2 is 1.90 bits per heavy atom. The van der Waals surface area contributed by atoms with Crippen LogP contribution in [0.2, 0.25) is 0 Å². The Hall–Kier alpha value is -2.44. The molecule has 4 heterocycles. The molecule has 5 rings (SSSR count). The van der Waals surface area contributed by atoms with Crippen molar-refractivity contribution in [1.82, 2.24) is 14.9 Å². The third-order valence-corrected chi connectivity index (χ3v) is 7.28. The second kappa shape index (κ2) is 8.00. The molecule has 1 aromatic carbocycles. The van der Waals surface area contributed by atoms with Crippen LogP contribution < -0.4 is 10.2 Å². The Labute approximate surface area is 182 Å². The third kappa shape index (κ3) is 3.70. The van der Waals surface area contributed by atoms with Crippen molar-refractivity contribution in [3.8, 4) is 11.3 Å². The maximum atomic E-state index is 5.00. The Bertz CT molecular complexity index is 1000. The van der Waals surface area contributed by atoms with Crippen molar-refractivity contribution in [3.05, 3.63) is 59.6 Å². The number of hydrogen-bond donors (Lipinski definition) is 1. The summed E-state index contributed by atoms with van der Waals surface area (Å²) in [6.45, 7) is 9.04. The van der Waals surface area contributed by atoms with Crippen LogP contribution in [-0.4, -0.2) is 46.1 Å². The Morgan fingerprint density at radius 1 is 1.07 bits per heavy atom. The quantitative estimate of drug-likeness (QED) is 0.606. The summed E-state index contributed by atoms with van der Waals surface area (Å²) in [5.74, 6) is 0.881. The minimum absolute atomic E-state index is 0.198. The molecule has 6 heteroatoms. The summed E-state index contributed by atoms with van der Waals surface area (Å²) in [5.41, 5.74) is 3.40. The van der Waals surface area contributed by atoms with Gasteiger partial charge in [0.1, 0.15) is 5.82 Å². The van der Waals surface area contributed by atoms with Crippen molar-refractivity contribution < 1.29 is 0 Å². The first-order valence-corrected chi connectivity index (χ1v) is 11.7. The number of pyridine rings is 1. The molecule has 156 valence electrons. The molecule has 0 radical (unpaired) electrons. The van der Waals surface area contributed by atoms with E-state index in [-0.39, 0.29) is 6.04 Å². The Kier molecular flexibility index (Phi) is 5.21. The van der Waals surface area contributed by atoms with Crippen LogP contribution >= 0.6 is 11.3 Å². The highest BCUT2D eigenvalue weighted by molar-refractivity contribution is 7.14. The number of rotatable bonds is 6. The zero-order valence-electron chi connectivity index (χ0n) is 17.8. The van der Waals surface area contributed by atoms with Gasteiger partial charge < -0.3 is 10.2 Å². The molecule has 2 saturated heterocycles. The molecule has 1 N–H and O–H groups in total. The summed E-state index contributed by atoms with van der Waals surface area (Å²) in [6.07, 6.45) is 3.14. The van der Waals surface area contributed by atoms with Crippen LogP contribution in [0.25, 0.3) is 11.3 Å². The fourth-order valence-corrected chi connectivity index (χ4v) is 5.72. The van der Waals surface area contributed by atoms with Gasteiger partial charge in [0.05, 0.1) is 5.69 Å². The summed E-state index contributed by atoms with van der Waals surface area (Å²) < 4.78 is 0. The number of hydrogen-bond acceptors (Lipinski definition) is 6. The second-order valence-electron chi connectivity index (χ2n) is 8.71. The van der Waals surface area contributed by atoms with Gasteiger partial charge in [0.25, 0.3) is 0 Å². The average Bonchev–Trinajstić information content (AvgIpc) is 3.50. The first-order valence-electron chi connectivity index (χ1n) is 10.8. The number of anilines is 2. The fourth-order valence-electron chi connectivity index (χ4n) is 4.81. The standard InChI is InChI=1S/C24H29N5S/c1-16(2)28-13-21-12-20(28)14-29(21)24-27-22(15-30-24)19-9-10-25-23(11-19)26-17(3)18-7-5-4-6-8-18/h4-11,15-17,20-21H,12-14H2,1-3H3,(H,25,26)/t17-,20-,21-/m0/s1. The van der Waals surface area contributed by atoms with E-state index in [1.807, 2.05) is 18.3 Å². The molecule has 2 aromatic heterocycles. The molecule has 2 bridgehead atoms. The van der Waals surface area contributed by atoms with Crippen LogP contribution in [0.15, 0.2) is 54.0 Å². The highest BCUT2D eigenvalue weighted by Crippen LogP contribution is 2.38. The van der Waals surface area contributed by atoms with E-state index in [4.69, 9.17) is 4.98 Å². The van der Waals surface area contributed by atoms with Gasteiger partial charge in [0, 0.05) is 54.4 Å². The molecule has 0 saturated carbocycles. The number of piperazine rings is 1. The second-order valence-corrected chi connectivity index (χ2v) is 9.54. The van der Waals surface area contributed by atoms with Crippen molar-refractivity contribution in [3.63, 3.8) is 0 Å². The maximum absolute atomic E-state index is 5.00. The van der Waals surface area contributed by atoms with Crippen LogP contribution in [-0.2, 0) is 0 Å². The minimum atomic E-state index is 0.198. The van der Waals surface area contributed by atoms with E-state index in [2.05, 4.69) is 76.6 Å². The number of thiazole rings is 1. The van der Waals surface area contributed by atoms with Crippen LogP contribution in [0.3, 0.4) is 0 Å². The SMILES string of the molecule is CC(C)N1C[C@@H]2C[C@H]1CN2c1nc(-c2ccnc(N[C@@H](C)c3ccccc3)c2)cs1. The molecule has 0 aliphatic carbocycles. The zero-order valence-corrected chi connectivity index (χ0v) is 18.6. The number of nitrogens with one attached hydrogen (secondary N) is 1. The lowest BCUT2D eigenvalue weighted by Crippen LogP contribution is -2.48. The zero-order chi connectivity index (χ0) is 20.7. The van der Waals surface area contributed by atoms with Crippen molar-refractivity contribution in [2.75, 3.05) is 23.3 Å². The number of benzene rings is 1. The molecular formula is C24H29N5S. The lowest BCUT2D eigenvalue weighted by atomic mass is 10.1. The molecule has 30 heavy (non-hydrogen) atoms. The largest absolute Gasteiger partial charge is 0.364 e. The Balaban J connectivity index is 1.30. The average molecular weight is 420 g/mol. The van der Waals surface area contributed by atoms with Crippen molar-refractivity contribution in [1.29, 1.82) is 0 Å². The van der Waals surface area contributed by atoms with E-state index in [0.29, 0.717) is 18.1 Å². The molecule has 0 amide bonds. The lowest BCUT2D eigenvalue weighted by Gasteiger charge is -2.36. The normalized spacial score (nSPS) is 22.1. The number of nitrogens with zero attached hydrogens (tertiary/aromatic N) is 4. The predicted molar refractivity (Wildman–Crippen MR) is 125 cm³/mol. The van der Waals surface area contributed by atoms with Gasteiger partial charge >= 0.3 is 0 Å². The summed E-state index contributed by atoms with van der Waals surface area (Å²) in [4.78, 5) is 14.7. The first-order chi connectivity index (χ1) is 14.6. The van der Waals surface area contributed by atoms with Crippen LogP contribution in [0.4, 0.5) is 10.9 Å². The number of aromatic nitrogens is 2. The van der Waals surface area contributed by atoms with E-state index in [1.165, 1.54) is 12.0 Å². The van der Waals surface area contributed by atoms with E-state index in [1.54, 1.807) is 11.3 Å². The lowest BCUT2D eigenvalue weighted by molar-refractivity contribution is 0.191. The van der Waals surface area contributed by atoms with Crippen LogP contribution in [0.5, 0.6) is 0 Å². The molecule has 0 spiro atoms. The van der Waals surface area contributed by atoms with Gasteiger partial charge in [-0.3, -0.25) is 4.90 Å². The third-order valence-electron chi connectivity index (χ3n) is 6.40. The summed E-state index contributed by atoms with van der Waals surface area (Å²) in [7, 11) is 0. The van der Waals surface area contributed by atoms with Gasteiger partial charge in [-0.1, -0.05) is 30.3 Å². The van der Waals surface area contributed by atoms with Gasteiger partial charge in [-0.2, -0.15) is 0 Å². The summed E-state index contributed by atoms with van der Waals surface area (Å²) in [5, 5.41) is 6.86. The van der Waals surface area contributed by atoms with Gasteiger partial charge in [-0.05, 0) is 44.9 Å². The van der Waals surface area contributed by atoms with E-state index >= 15 is 0 Å². The van der Waals surface area contributed by atoms with Crippen LogP contribution in [0, 0.1) is 0 Å². The molecule has 0 unspecified atom stereocenters. The monoisotopic (exact) mass is 419 g/mol. The highest BCUT2D eigenvalue weighted by Gasteiger charge is 2.44. The number of likely N-dealkylation sites (tertiary alicyclic amines) is 1. The van der Waals surface area contributed by atoms with Gasteiger partial charge in [-0.25, -0.2) is 9.97 Å². The van der Waals surface area contributed by atoms with Crippen molar-refractivity contribution >= 4 is 22.3 Å². The first kappa shape index (κ1) is 19.5. The molecule has 2 aliphatic rings.